The third kappa shape index (κ3) is 7.46. The molecule has 30 heavy (non-hydrogen) atoms. The smallest absolute Gasteiger partial charge is 0.0595 e. The van der Waals surface area contributed by atoms with Gasteiger partial charge in [0.2, 0.25) is 0 Å². The van der Waals surface area contributed by atoms with Crippen LogP contribution >= 0.6 is 23.2 Å². The van der Waals surface area contributed by atoms with Crippen LogP contribution in [0, 0.1) is 11.8 Å². The minimum absolute atomic E-state index is 0.522. The molecule has 1 atom stereocenters. The van der Waals surface area contributed by atoms with Gasteiger partial charge in [0.05, 0.1) is 10.0 Å². The Balaban J connectivity index is 1.38. The minimum Gasteiger partial charge on any atom is -0.384 e. The number of rotatable bonds is 10. The largest absolute Gasteiger partial charge is 0.384 e. The Labute approximate surface area is 192 Å². The summed E-state index contributed by atoms with van der Waals surface area (Å²) in [4.78, 5) is 2.63. The van der Waals surface area contributed by atoms with Crippen LogP contribution in [0.3, 0.4) is 0 Å². The molecule has 164 valence electrons. The number of likely N-dealkylation sites (tertiary alicyclic amines) is 1. The molecule has 1 heterocycles. The van der Waals surface area contributed by atoms with E-state index in [1.807, 2.05) is 18.2 Å². The fraction of sp³-hybridized carbons (Fsp3) is 0.520. The summed E-state index contributed by atoms with van der Waals surface area (Å²) >= 11 is 12.2. The molecule has 3 rings (SSSR count). The van der Waals surface area contributed by atoms with E-state index in [1.54, 1.807) is 0 Å². The van der Waals surface area contributed by atoms with E-state index in [0.29, 0.717) is 22.0 Å². The van der Waals surface area contributed by atoms with E-state index < -0.39 is 0 Å². The Morgan fingerprint density at radius 3 is 2.37 bits per heavy atom. The quantitative estimate of drug-likeness (QED) is 0.438. The molecule has 0 spiro atoms. The number of benzene rings is 2. The number of para-hydroxylation sites is 1. The monoisotopic (exact) mass is 447 g/mol. The Morgan fingerprint density at radius 1 is 0.967 bits per heavy atom. The van der Waals surface area contributed by atoms with Crippen molar-refractivity contribution in [3.63, 3.8) is 0 Å². The molecule has 0 bridgehead atoms. The van der Waals surface area contributed by atoms with Crippen LogP contribution in [-0.4, -0.2) is 43.7 Å². The zero-order chi connectivity index (χ0) is 21.3. The lowest BCUT2D eigenvalue weighted by molar-refractivity contribution is 0.156. The van der Waals surface area contributed by atoms with Gasteiger partial charge in [-0.1, -0.05) is 61.3 Å². The highest BCUT2D eigenvalue weighted by molar-refractivity contribution is 6.42. The first kappa shape index (κ1) is 23.4. The fourth-order valence-corrected chi connectivity index (χ4v) is 4.50. The van der Waals surface area contributed by atoms with E-state index in [2.05, 4.69) is 59.7 Å². The van der Waals surface area contributed by atoms with Gasteiger partial charge in [-0.25, -0.2) is 0 Å². The van der Waals surface area contributed by atoms with Crippen LogP contribution in [0.4, 0.5) is 5.69 Å². The number of piperidine rings is 1. The molecule has 2 aromatic rings. The number of hydrogen-bond donors (Lipinski definition) is 2. The molecule has 0 radical (unpaired) electrons. The molecule has 2 N–H and O–H groups in total. The maximum atomic E-state index is 6.18. The molecule has 1 fully saturated rings. The molecule has 0 saturated carbocycles. The zero-order valence-electron chi connectivity index (χ0n) is 18.2. The summed E-state index contributed by atoms with van der Waals surface area (Å²) in [7, 11) is 0. The molecule has 1 aliphatic rings. The second-order valence-electron chi connectivity index (χ2n) is 8.79. The van der Waals surface area contributed by atoms with E-state index >= 15 is 0 Å². The van der Waals surface area contributed by atoms with Crippen LogP contribution in [0.2, 0.25) is 10.0 Å². The van der Waals surface area contributed by atoms with Gasteiger partial charge < -0.3 is 15.5 Å². The average molecular weight is 448 g/mol. The van der Waals surface area contributed by atoms with Gasteiger partial charge in [0.15, 0.2) is 0 Å². The lowest BCUT2D eigenvalue weighted by Crippen LogP contribution is -2.47. The van der Waals surface area contributed by atoms with Gasteiger partial charge in [0, 0.05) is 31.4 Å². The van der Waals surface area contributed by atoms with Crippen LogP contribution in [0.25, 0.3) is 0 Å². The van der Waals surface area contributed by atoms with Gasteiger partial charge in [0.25, 0.3) is 0 Å². The van der Waals surface area contributed by atoms with Gasteiger partial charge in [-0.3, -0.25) is 0 Å². The fourth-order valence-electron chi connectivity index (χ4n) is 4.18. The predicted molar refractivity (Wildman–Crippen MR) is 131 cm³/mol. The molecule has 1 unspecified atom stereocenters. The summed E-state index contributed by atoms with van der Waals surface area (Å²) in [6.07, 6.45) is 3.60. The normalized spacial score (nSPS) is 16.7. The Bertz CT molecular complexity index is 758. The summed E-state index contributed by atoms with van der Waals surface area (Å²) in [6.45, 7) is 10.0. The van der Waals surface area contributed by atoms with Crippen molar-refractivity contribution in [2.75, 3.05) is 38.0 Å². The number of nitrogens with zero attached hydrogens (tertiary/aromatic N) is 1. The second-order valence-corrected chi connectivity index (χ2v) is 9.61. The Hall–Kier alpha value is -1.26. The van der Waals surface area contributed by atoms with Crippen LogP contribution in [0.15, 0.2) is 48.5 Å². The van der Waals surface area contributed by atoms with Gasteiger partial charge in [-0.05, 0) is 74.0 Å². The van der Waals surface area contributed by atoms with Crippen LogP contribution in [0.1, 0.15) is 32.3 Å². The first-order valence-electron chi connectivity index (χ1n) is 11.2. The average Bonchev–Trinajstić information content (AvgIpc) is 2.75. The van der Waals surface area contributed by atoms with E-state index in [1.165, 1.54) is 37.2 Å². The summed E-state index contributed by atoms with van der Waals surface area (Å²) in [5, 5.41) is 8.56. The summed E-state index contributed by atoms with van der Waals surface area (Å²) < 4.78 is 0. The zero-order valence-corrected chi connectivity index (χ0v) is 19.7. The van der Waals surface area contributed by atoms with Crippen LogP contribution in [-0.2, 0) is 6.42 Å². The molecule has 1 aliphatic heterocycles. The molecular weight excluding hydrogens is 413 g/mol. The number of hydrogen-bond acceptors (Lipinski definition) is 3. The lowest BCUT2D eigenvalue weighted by atomic mass is 9.89. The topological polar surface area (TPSA) is 27.3 Å². The SMILES string of the molecule is CC(C)C(CN1CCC(Cc2ccc(Cl)c(Cl)c2)CC1)NCCNc1ccccc1. The van der Waals surface area contributed by atoms with Gasteiger partial charge in [-0.2, -0.15) is 0 Å². The van der Waals surface area contributed by atoms with Crippen LogP contribution < -0.4 is 10.6 Å². The van der Waals surface area contributed by atoms with E-state index in [-0.39, 0.29) is 0 Å². The van der Waals surface area contributed by atoms with Gasteiger partial charge in [-0.15, -0.1) is 0 Å². The van der Waals surface area contributed by atoms with Crippen molar-refractivity contribution in [1.82, 2.24) is 10.2 Å². The highest BCUT2D eigenvalue weighted by Crippen LogP contribution is 2.27. The second kappa shape index (κ2) is 12.0. The third-order valence-corrected chi connectivity index (χ3v) is 6.85. The molecule has 3 nitrogen and oxygen atoms in total. The predicted octanol–water partition coefficient (Wildman–Crippen LogP) is 5.97. The molecule has 0 aromatic heterocycles. The van der Waals surface area contributed by atoms with Crippen LogP contribution in [0.5, 0.6) is 0 Å². The first-order valence-corrected chi connectivity index (χ1v) is 12.0. The number of halogens is 2. The van der Waals surface area contributed by atoms with Crippen molar-refractivity contribution in [1.29, 1.82) is 0 Å². The van der Waals surface area contributed by atoms with Gasteiger partial charge >= 0.3 is 0 Å². The highest BCUT2D eigenvalue weighted by Gasteiger charge is 2.23. The molecule has 2 aromatic carbocycles. The van der Waals surface area contributed by atoms with E-state index in [4.69, 9.17) is 23.2 Å². The van der Waals surface area contributed by atoms with E-state index in [0.717, 1.165) is 32.0 Å². The maximum absolute atomic E-state index is 6.18. The number of nitrogens with one attached hydrogen (secondary N) is 2. The molecule has 0 aliphatic carbocycles. The lowest BCUT2D eigenvalue weighted by Gasteiger charge is -2.36. The summed E-state index contributed by atoms with van der Waals surface area (Å²) in [5.74, 6) is 1.36. The standard InChI is InChI=1S/C25H35Cl2N3/c1-19(2)25(29-13-12-28-22-6-4-3-5-7-22)18-30-14-10-20(11-15-30)16-21-8-9-23(26)24(27)17-21/h3-9,17,19-20,25,28-29H,10-16,18H2,1-2H3. The summed E-state index contributed by atoms with van der Waals surface area (Å²) in [6, 6.07) is 17.0. The molecule has 1 saturated heterocycles. The van der Waals surface area contributed by atoms with E-state index in [9.17, 15) is 0 Å². The summed E-state index contributed by atoms with van der Waals surface area (Å²) in [5.41, 5.74) is 2.49. The molecule has 0 amide bonds. The van der Waals surface area contributed by atoms with Crippen molar-refractivity contribution in [3.05, 3.63) is 64.1 Å². The Morgan fingerprint density at radius 2 is 1.70 bits per heavy atom. The van der Waals surface area contributed by atoms with Crippen molar-refractivity contribution in [2.24, 2.45) is 11.8 Å². The van der Waals surface area contributed by atoms with Crippen molar-refractivity contribution >= 4 is 28.9 Å². The van der Waals surface area contributed by atoms with Crippen molar-refractivity contribution in [2.45, 2.75) is 39.2 Å². The molecular formula is C25H35Cl2N3. The Kier molecular flexibility index (Phi) is 9.32. The van der Waals surface area contributed by atoms with Crippen molar-refractivity contribution in [3.8, 4) is 0 Å². The highest BCUT2D eigenvalue weighted by atomic mass is 35.5. The molecule has 5 heteroatoms. The van der Waals surface area contributed by atoms with Gasteiger partial charge in [0.1, 0.15) is 0 Å². The maximum Gasteiger partial charge on any atom is 0.0595 e. The first-order chi connectivity index (χ1) is 14.5. The van der Waals surface area contributed by atoms with Crippen molar-refractivity contribution < 1.29 is 0 Å². The third-order valence-electron chi connectivity index (χ3n) is 6.11. The minimum atomic E-state index is 0.522. The number of anilines is 1.